The molecule has 2 aromatic heterocycles. The maximum absolute atomic E-state index is 12.0. The summed E-state index contributed by atoms with van der Waals surface area (Å²) in [6, 6.07) is 3.22. The lowest BCUT2D eigenvalue weighted by Crippen LogP contribution is -2.68. The summed E-state index contributed by atoms with van der Waals surface area (Å²) in [5, 5.41) is 14.7. The van der Waals surface area contributed by atoms with Crippen molar-refractivity contribution in [1.82, 2.24) is 19.5 Å². The van der Waals surface area contributed by atoms with Crippen LogP contribution in [0.2, 0.25) is 0 Å². The van der Waals surface area contributed by atoms with Crippen molar-refractivity contribution in [2.75, 3.05) is 11.5 Å². The zero-order valence-corrected chi connectivity index (χ0v) is 15.8. The minimum absolute atomic E-state index is 0.0756. The number of hydrogen-bond donors (Lipinski definition) is 2. The molecule has 0 radical (unpaired) electrons. The molecule has 1 saturated heterocycles. The van der Waals surface area contributed by atoms with Gasteiger partial charge in [-0.1, -0.05) is 0 Å². The molecule has 8 nitrogen and oxygen atoms in total. The number of aryl methyl sites for hydroxylation is 2. The highest BCUT2D eigenvalue weighted by Crippen LogP contribution is 2.40. The average Bonchev–Trinajstić information content (AvgIpc) is 2.97. The third-order valence-electron chi connectivity index (χ3n) is 4.33. The second-order valence-electron chi connectivity index (χ2n) is 6.27. The average molecular weight is 391 g/mol. The van der Waals surface area contributed by atoms with Gasteiger partial charge in [-0.05, 0) is 25.5 Å². The number of nitrogens with two attached hydrogens (primary N) is 1. The number of fused-ring (bicyclic) bond motifs is 2. The van der Waals surface area contributed by atoms with Crippen molar-refractivity contribution in [1.29, 1.82) is 0 Å². The third kappa shape index (κ3) is 2.68. The fourth-order valence-electron chi connectivity index (χ4n) is 3.14. The van der Waals surface area contributed by atoms with E-state index in [0.717, 1.165) is 27.6 Å². The Morgan fingerprint density at radius 3 is 2.92 bits per heavy atom. The Morgan fingerprint density at radius 2 is 2.19 bits per heavy atom. The lowest BCUT2D eigenvalue weighted by atomic mass is 10.0. The third-order valence-corrected chi connectivity index (χ3v) is 6.77. The standard InChI is InChI=1S/C16H17N5O3S2/c1-7-4-11(21-10(18-7)3-8(2)19-21)25-5-9-6-26-15-12(17)14(22)20(15)13(9)16(23)24/h3-4,12,15H,5-6,17H2,1-2H3,(H,23,24)/t12?,15-/m1/s1. The molecule has 4 heterocycles. The Hall–Kier alpha value is -2.04. The molecule has 0 spiro atoms. The van der Waals surface area contributed by atoms with E-state index in [9.17, 15) is 14.7 Å². The largest absolute Gasteiger partial charge is 0.477 e. The smallest absolute Gasteiger partial charge is 0.352 e. The Morgan fingerprint density at radius 1 is 1.42 bits per heavy atom. The van der Waals surface area contributed by atoms with Crippen LogP contribution in [0, 0.1) is 13.8 Å². The molecule has 3 N–H and O–H groups in total. The fraction of sp³-hybridized carbons (Fsp3) is 0.375. The van der Waals surface area contributed by atoms with Crippen molar-refractivity contribution in [3.05, 3.63) is 34.8 Å². The lowest BCUT2D eigenvalue weighted by molar-refractivity contribution is -0.147. The number of carboxylic acid groups (broad SMARTS) is 1. The van der Waals surface area contributed by atoms with Gasteiger partial charge in [0.25, 0.3) is 0 Å². The highest BCUT2D eigenvalue weighted by Gasteiger charge is 2.51. The van der Waals surface area contributed by atoms with E-state index in [0.29, 0.717) is 11.5 Å². The van der Waals surface area contributed by atoms with Crippen LogP contribution in [0.1, 0.15) is 11.4 Å². The molecule has 1 fully saturated rings. The van der Waals surface area contributed by atoms with Gasteiger partial charge in [0.15, 0.2) is 5.65 Å². The van der Waals surface area contributed by atoms with Crippen LogP contribution in [0.15, 0.2) is 28.4 Å². The molecule has 0 saturated carbocycles. The Kier molecular flexibility index (Phi) is 4.20. The number of hydrogen-bond acceptors (Lipinski definition) is 7. The number of carbonyl (C=O) groups excluding carboxylic acids is 1. The Bertz CT molecular complexity index is 970. The number of aromatic nitrogens is 3. The van der Waals surface area contributed by atoms with Crippen molar-refractivity contribution in [3.63, 3.8) is 0 Å². The van der Waals surface area contributed by atoms with Crippen LogP contribution in [0.25, 0.3) is 5.65 Å². The summed E-state index contributed by atoms with van der Waals surface area (Å²) in [6.07, 6.45) is 0. The van der Waals surface area contributed by atoms with E-state index in [-0.39, 0.29) is 17.0 Å². The first-order valence-electron chi connectivity index (χ1n) is 7.99. The summed E-state index contributed by atoms with van der Waals surface area (Å²) in [7, 11) is 0. The predicted octanol–water partition coefficient (Wildman–Crippen LogP) is 1.02. The second-order valence-corrected chi connectivity index (χ2v) is 8.37. The molecular weight excluding hydrogens is 374 g/mol. The molecule has 26 heavy (non-hydrogen) atoms. The van der Waals surface area contributed by atoms with Gasteiger partial charge < -0.3 is 10.8 Å². The number of aliphatic carboxylic acids is 1. The zero-order chi connectivity index (χ0) is 18.6. The van der Waals surface area contributed by atoms with E-state index in [2.05, 4.69) is 10.1 Å². The van der Waals surface area contributed by atoms with Gasteiger partial charge in [-0.15, -0.1) is 23.5 Å². The molecule has 2 atom stereocenters. The summed E-state index contributed by atoms with van der Waals surface area (Å²) in [4.78, 5) is 29.5. The van der Waals surface area contributed by atoms with Gasteiger partial charge in [-0.2, -0.15) is 5.10 Å². The number of thioether (sulfide) groups is 2. The zero-order valence-electron chi connectivity index (χ0n) is 14.2. The van der Waals surface area contributed by atoms with E-state index < -0.39 is 12.0 Å². The summed E-state index contributed by atoms with van der Waals surface area (Å²) in [5.74, 6) is -0.413. The van der Waals surface area contributed by atoms with Crippen molar-refractivity contribution in [3.8, 4) is 0 Å². The van der Waals surface area contributed by atoms with Gasteiger partial charge in [-0.3, -0.25) is 9.69 Å². The van der Waals surface area contributed by atoms with Gasteiger partial charge in [0.2, 0.25) is 5.91 Å². The van der Waals surface area contributed by atoms with Gasteiger partial charge in [0.05, 0.1) is 5.69 Å². The van der Waals surface area contributed by atoms with Gasteiger partial charge >= 0.3 is 5.97 Å². The molecule has 4 rings (SSSR count). The number of nitrogens with zero attached hydrogens (tertiary/aromatic N) is 4. The first-order chi connectivity index (χ1) is 12.4. The van der Waals surface area contributed by atoms with Crippen LogP contribution < -0.4 is 5.73 Å². The van der Waals surface area contributed by atoms with E-state index >= 15 is 0 Å². The summed E-state index contributed by atoms with van der Waals surface area (Å²) < 4.78 is 1.76. The van der Waals surface area contributed by atoms with Crippen molar-refractivity contribution in [2.45, 2.75) is 30.3 Å². The molecule has 2 aliphatic rings. The van der Waals surface area contributed by atoms with Crippen LogP contribution in [-0.2, 0) is 9.59 Å². The quantitative estimate of drug-likeness (QED) is 0.451. The van der Waals surface area contributed by atoms with E-state index in [4.69, 9.17) is 5.73 Å². The minimum Gasteiger partial charge on any atom is -0.477 e. The van der Waals surface area contributed by atoms with Gasteiger partial charge in [0, 0.05) is 23.3 Å². The fourth-order valence-corrected chi connectivity index (χ4v) is 5.63. The molecule has 1 amide bonds. The molecule has 10 heteroatoms. The topological polar surface area (TPSA) is 114 Å². The summed E-state index contributed by atoms with van der Waals surface area (Å²) in [6.45, 7) is 3.82. The first kappa shape index (κ1) is 17.4. The number of amides is 1. The van der Waals surface area contributed by atoms with E-state index in [1.54, 1.807) is 4.52 Å². The van der Waals surface area contributed by atoms with Crippen LogP contribution >= 0.6 is 23.5 Å². The predicted molar refractivity (Wildman–Crippen MR) is 98.9 cm³/mol. The van der Waals surface area contributed by atoms with Crippen LogP contribution in [0.4, 0.5) is 0 Å². The highest BCUT2D eigenvalue weighted by atomic mass is 32.2. The van der Waals surface area contributed by atoms with E-state index in [1.165, 1.54) is 28.4 Å². The highest BCUT2D eigenvalue weighted by molar-refractivity contribution is 8.01. The molecule has 0 aliphatic carbocycles. The SMILES string of the molecule is Cc1cc(SCC2=C(C(=O)O)N3C(=O)C(N)[C@H]3SC2)n2nc(C)cc2n1. The maximum Gasteiger partial charge on any atom is 0.352 e. The molecule has 1 unspecified atom stereocenters. The maximum atomic E-state index is 12.0. The van der Waals surface area contributed by atoms with Gasteiger partial charge in [-0.25, -0.2) is 14.3 Å². The molecule has 2 aromatic rings. The normalized spacial score (nSPS) is 22.6. The minimum atomic E-state index is -1.09. The number of β-lactam (4-membered cyclic amide) rings is 1. The van der Waals surface area contributed by atoms with Gasteiger partial charge in [0.1, 0.15) is 22.1 Å². The van der Waals surface area contributed by atoms with Crippen molar-refractivity contribution < 1.29 is 14.7 Å². The number of carbonyl (C=O) groups is 2. The van der Waals surface area contributed by atoms with Crippen molar-refractivity contribution in [2.24, 2.45) is 5.73 Å². The van der Waals surface area contributed by atoms with Crippen LogP contribution in [0.3, 0.4) is 0 Å². The Balaban J connectivity index is 1.65. The Labute approximate surface area is 157 Å². The molecule has 136 valence electrons. The number of rotatable bonds is 4. The molecular formula is C16H17N5O3S2. The number of carboxylic acids is 1. The molecule has 2 aliphatic heterocycles. The lowest BCUT2D eigenvalue weighted by Gasteiger charge is -2.48. The summed E-state index contributed by atoms with van der Waals surface area (Å²) >= 11 is 3.00. The molecule has 0 bridgehead atoms. The van der Waals surface area contributed by atoms with E-state index in [1.807, 2.05) is 26.0 Å². The van der Waals surface area contributed by atoms with Crippen LogP contribution in [-0.4, -0.2) is 59.4 Å². The monoisotopic (exact) mass is 391 g/mol. The van der Waals surface area contributed by atoms with Crippen molar-refractivity contribution >= 4 is 41.0 Å². The summed E-state index contributed by atoms with van der Waals surface area (Å²) in [5.41, 5.74) is 9.07. The molecule has 0 aromatic carbocycles. The first-order valence-corrected chi connectivity index (χ1v) is 10.0. The second kappa shape index (κ2) is 6.29. The van der Waals surface area contributed by atoms with Crippen LogP contribution in [0.5, 0.6) is 0 Å².